The van der Waals surface area contributed by atoms with Crippen molar-refractivity contribution in [3.8, 4) is 0 Å². The van der Waals surface area contributed by atoms with Crippen molar-refractivity contribution in [1.82, 2.24) is 0 Å². The van der Waals surface area contributed by atoms with E-state index in [2.05, 4.69) is 0 Å². The van der Waals surface area contributed by atoms with Crippen LogP contribution in [0.15, 0.2) is 18.2 Å². The van der Waals surface area contributed by atoms with Crippen molar-refractivity contribution in [3.05, 3.63) is 35.1 Å². The Hall–Kier alpha value is -0.890. The van der Waals surface area contributed by atoms with Crippen molar-refractivity contribution in [2.45, 2.75) is 19.2 Å². The van der Waals surface area contributed by atoms with Gasteiger partial charge in [-0.05, 0) is 18.6 Å². The van der Waals surface area contributed by atoms with Crippen LogP contribution in [-0.4, -0.2) is 5.78 Å². The number of carbonyl (C=O) groups excluding carboxylic acids is 1. The lowest BCUT2D eigenvalue weighted by Crippen LogP contribution is -1.98. The molecule has 0 saturated heterocycles. The SMILES string of the molecule is CC(=O)Cc1ccc(F)c(CCl)c1. The smallest absolute Gasteiger partial charge is 0.134 e. The van der Waals surface area contributed by atoms with Gasteiger partial charge in [0.1, 0.15) is 11.6 Å². The third-order valence-electron chi connectivity index (χ3n) is 1.71. The summed E-state index contributed by atoms with van der Waals surface area (Å²) < 4.78 is 12.9. The number of ketones is 1. The van der Waals surface area contributed by atoms with Gasteiger partial charge in [-0.3, -0.25) is 4.79 Å². The summed E-state index contributed by atoms with van der Waals surface area (Å²) >= 11 is 5.52. The molecule has 1 rings (SSSR count). The van der Waals surface area contributed by atoms with Crippen LogP contribution in [0.1, 0.15) is 18.1 Å². The molecular formula is C10H10ClFO. The number of benzene rings is 1. The highest BCUT2D eigenvalue weighted by molar-refractivity contribution is 6.17. The second-order valence-electron chi connectivity index (χ2n) is 2.94. The molecule has 1 aromatic rings. The Labute approximate surface area is 81.5 Å². The zero-order chi connectivity index (χ0) is 9.84. The molecule has 1 aromatic carbocycles. The molecule has 0 unspecified atom stereocenters. The number of rotatable bonds is 3. The lowest BCUT2D eigenvalue weighted by molar-refractivity contribution is -0.116. The molecule has 0 N–H and O–H groups in total. The summed E-state index contributed by atoms with van der Waals surface area (Å²) in [5, 5.41) is 0. The van der Waals surface area contributed by atoms with Crippen LogP contribution in [0.25, 0.3) is 0 Å². The molecule has 0 spiro atoms. The fourth-order valence-corrected chi connectivity index (χ4v) is 1.33. The molecule has 70 valence electrons. The largest absolute Gasteiger partial charge is 0.300 e. The average molecular weight is 201 g/mol. The number of Topliss-reactive ketones (excluding diaryl/α,β-unsaturated/α-hetero) is 1. The van der Waals surface area contributed by atoms with Crippen molar-refractivity contribution >= 4 is 17.4 Å². The molecule has 0 fully saturated rings. The minimum atomic E-state index is -0.317. The van der Waals surface area contributed by atoms with Crippen molar-refractivity contribution < 1.29 is 9.18 Å². The minimum Gasteiger partial charge on any atom is -0.300 e. The fourth-order valence-electron chi connectivity index (χ4n) is 1.13. The first-order valence-electron chi connectivity index (χ1n) is 3.96. The zero-order valence-corrected chi connectivity index (χ0v) is 8.07. The lowest BCUT2D eigenvalue weighted by atomic mass is 10.1. The van der Waals surface area contributed by atoms with Crippen LogP contribution in [0.2, 0.25) is 0 Å². The highest BCUT2D eigenvalue weighted by Gasteiger charge is 2.03. The molecule has 3 heteroatoms. The van der Waals surface area contributed by atoms with Gasteiger partial charge in [0, 0.05) is 12.0 Å². The Morgan fingerprint density at radius 1 is 1.54 bits per heavy atom. The van der Waals surface area contributed by atoms with E-state index in [1.54, 1.807) is 12.1 Å². The Bertz CT molecular complexity index is 323. The maximum absolute atomic E-state index is 12.9. The standard InChI is InChI=1S/C10H10ClFO/c1-7(13)4-8-2-3-10(12)9(5-8)6-11/h2-3,5H,4,6H2,1H3. The summed E-state index contributed by atoms with van der Waals surface area (Å²) in [6.45, 7) is 1.50. The molecule has 0 amide bonds. The van der Waals surface area contributed by atoms with Crippen molar-refractivity contribution in [2.24, 2.45) is 0 Å². The van der Waals surface area contributed by atoms with Gasteiger partial charge in [-0.2, -0.15) is 0 Å². The van der Waals surface area contributed by atoms with E-state index in [0.717, 1.165) is 5.56 Å². The van der Waals surface area contributed by atoms with Crippen molar-refractivity contribution in [1.29, 1.82) is 0 Å². The monoisotopic (exact) mass is 200 g/mol. The Balaban J connectivity index is 2.92. The molecular weight excluding hydrogens is 191 g/mol. The molecule has 0 aromatic heterocycles. The van der Waals surface area contributed by atoms with Crippen LogP contribution in [-0.2, 0) is 17.1 Å². The first-order chi connectivity index (χ1) is 6.13. The average Bonchev–Trinajstić information content (AvgIpc) is 2.07. The normalized spacial score (nSPS) is 10.1. The molecule has 13 heavy (non-hydrogen) atoms. The van der Waals surface area contributed by atoms with Crippen LogP contribution in [0.5, 0.6) is 0 Å². The van der Waals surface area contributed by atoms with Gasteiger partial charge >= 0.3 is 0 Å². The molecule has 0 aliphatic carbocycles. The van der Waals surface area contributed by atoms with E-state index >= 15 is 0 Å². The third kappa shape index (κ3) is 2.81. The van der Waals surface area contributed by atoms with Gasteiger partial charge in [0.25, 0.3) is 0 Å². The van der Waals surface area contributed by atoms with Gasteiger partial charge < -0.3 is 0 Å². The van der Waals surface area contributed by atoms with Gasteiger partial charge in [-0.15, -0.1) is 11.6 Å². The van der Waals surface area contributed by atoms with Crippen LogP contribution in [0.4, 0.5) is 4.39 Å². The predicted octanol–water partition coefficient (Wildman–Crippen LogP) is 2.70. The van der Waals surface area contributed by atoms with Crippen LogP contribution in [0.3, 0.4) is 0 Å². The first kappa shape index (κ1) is 10.2. The summed E-state index contributed by atoms with van der Waals surface area (Å²) in [6, 6.07) is 4.58. The second-order valence-corrected chi connectivity index (χ2v) is 3.21. The molecule has 0 saturated carbocycles. The number of hydrogen-bond donors (Lipinski definition) is 0. The van der Waals surface area contributed by atoms with E-state index in [-0.39, 0.29) is 17.5 Å². The van der Waals surface area contributed by atoms with E-state index in [1.165, 1.54) is 13.0 Å². The van der Waals surface area contributed by atoms with Crippen LogP contribution >= 0.6 is 11.6 Å². The summed E-state index contributed by atoms with van der Waals surface area (Å²) in [5.41, 5.74) is 1.25. The second kappa shape index (κ2) is 4.38. The van der Waals surface area contributed by atoms with Gasteiger partial charge in [0.05, 0.1) is 5.88 Å². The molecule has 0 radical (unpaired) electrons. The van der Waals surface area contributed by atoms with Crippen LogP contribution in [0, 0.1) is 5.82 Å². The third-order valence-corrected chi connectivity index (χ3v) is 2.00. The topological polar surface area (TPSA) is 17.1 Å². The molecule has 0 heterocycles. The molecule has 0 bridgehead atoms. The van der Waals surface area contributed by atoms with Crippen molar-refractivity contribution in [3.63, 3.8) is 0 Å². The Morgan fingerprint density at radius 3 is 2.77 bits per heavy atom. The van der Waals surface area contributed by atoms with Gasteiger partial charge in [-0.25, -0.2) is 4.39 Å². The minimum absolute atomic E-state index is 0.0622. The molecule has 0 aliphatic heterocycles. The lowest BCUT2D eigenvalue weighted by Gasteiger charge is -2.02. The van der Waals surface area contributed by atoms with E-state index in [4.69, 9.17) is 11.6 Å². The van der Waals surface area contributed by atoms with E-state index < -0.39 is 0 Å². The maximum Gasteiger partial charge on any atom is 0.134 e. The fraction of sp³-hybridized carbons (Fsp3) is 0.300. The molecule has 1 nitrogen and oxygen atoms in total. The predicted molar refractivity (Wildman–Crippen MR) is 50.3 cm³/mol. The maximum atomic E-state index is 12.9. The van der Waals surface area contributed by atoms with E-state index in [9.17, 15) is 9.18 Å². The van der Waals surface area contributed by atoms with E-state index in [1.807, 2.05) is 0 Å². The Morgan fingerprint density at radius 2 is 2.23 bits per heavy atom. The van der Waals surface area contributed by atoms with Gasteiger partial charge in [0.15, 0.2) is 0 Å². The van der Waals surface area contributed by atoms with Gasteiger partial charge in [0.2, 0.25) is 0 Å². The first-order valence-corrected chi connectivity index (χ1v) is 4.49. The quantitative estimate of drug-likeness (QED) is 0.686. The summed E-state index contributed by atoms with van der Waals surface area (Å²) in [5.74, 6) is -0.119. The van der Waals surface area contributed by atoms with Crippen molar-refractivity contribution in [2.75, 3.05) is 0 Å². The highest BCUT2D eigenvalue weighted by atomic mass is 35.5. The van der Waals surface area contributed by atoms with E-state index in [0.29, 0.717) is 12.0 Å². The number of alkyl halides is 1. The number of halogens is 2. The summed E-state index contributed by atoms with van der Waals surface area (Å²) in [6.07, 6.45) is 0.337. The highest BCUT2D eigenvalue weighted by Crippen LogP contribution is 2.13. The summed E-state index contributed by atoms with van der Waals surface area (Å²) in [7, 11) is 0. The van der Waals surface area contributed by atoms with Gasteiger partial charge in [-0.1, -0.05) is 12.1 Å². The number of carbonyl (C=O) groups is 1. The Kier molecular flexibility index (Phi) is 3.43. The summed E-state index contributed by atoms with van der Waals surface area (Å²) in [4.78, 5) is 10.8. The molecule has 0 aliphatic rings. The number of hydrogen-bond acceptors (Lipinski definition) is 1. The van der Waals surface area contributed by atoms with Crippen LogP contribution < -0.4 is 0 Å². The zero-order valence-electron chi connectivity index (χ0n) is 7.31. The molecule has 0 atom stereocenters.